The third-order valence-corrected chi connectivity index (χ3v) is 8.47. The van der Waals surface area contributed by atoms with Crippen LogP contribution in [0.5, 0.6) is 5.75 Å². The number of amides is 1. The molecule has 198 valence electrons. The van der Waals surface area contributed by atoms with Gasteiger partial charge < -0.3 is 14.4 Å². The van der Waals surface area contributed by atoms with Gasteiger partial charge in [-0.3, -0.25) is 4.79 Å². The Kier molecular flexibility index (Phi) is 8.69. The Labute approximate surface area is 229 Å². The summed E-state index contributed by atoms with van der Waals surface area (Å²) < 4.78 is 11.3. The van der Waals surface area contributed by atoms with Crippen LogP contribution in [0.3, 0.4) is 0 Å². The van der Waals surface area contributed by atoms with Gasteiger partial charge in [-0.15, -0.1) is 0 Å². The van der Waals surface area contributed by atoms with Crippen LogP contribution < -0.4 is 4.74 Å². The van der Waals surface area contributed by atoms with Crippen LogP contribution in [0.1, 0.15) is 64.4 Å². The molecule has 2 fully saturated rings. The van der Waals surface area contributed by atoms with Crippen molar-refractivity contribution in [3.63, 3.8) is 0 Å². The van der Waals surface area contributed by atoms with Crippen LogP contribution in [-0.2, 0) is 16.9 Å². The smallest absolute Gasteiger partial charge is 0.338 e. The average Bonchev–Trinajstić information content (AvgIpc) is 3.22. The Bertz CT molecular complexity index is 1200. The number of aryl methyl sites for hydroxylation is 1. The molecule has 5 rings (SSSR count). The number of hydrogen-bond acceptors (Lipinski definition) is 5. The normalized spacial score (nSPS) is 20.2. The SMILES string of the molecule is CCOC(=O)c1ccc(OC2C[C@H]3CC[C@@H](C2)N3C(=O)c2ccc(CSCCc3ccccc3)cc2)cc1. The lowest BCUT2D eigenvalue weighted by atomic mass is 9.98. The number of benzene rings is 3. The lowest BCUT2D eigenvalue weighted by Gasteiger charge is -2.39. The fourth-order valence-corrected chi connectivity index (χ4v) is 6.50. The molecule has 38 heavy (non-hydrogen) atoms. The van der Waals surface area contributed by atoms with Gasteiger partial charge in [-0.2, -0.15) is 11.8 Å². The maximum Gasteiger partial charge on any atom is 0.338 e. The second kappa shape index (κ2) is 12.5. The molecule has 6 heteroatoms. The van der Waals surface area contributed by atoms with E-state index in [1.165, 1.54) is 11.1 Å². The van der Waals surface area contributed by atoms with E-state index in [0.717, 1.165) is 54.9 Å². The summed E-state index contributed by atoms with van der Waals surface area (Å²) in [5.41, 5.74) is 3.92. The molecule has 0 radical (unpaired) electrons. The summed E-state index contributed by atoms with van der Waals surface area (Å²) in [4.78, 5) is 27.4. The second-order valence-electron chi connectivity index (χ2n) is 10.0. The van der Waals surface area contributed by atoms with Crippen LogP contribution in [-0.4, -0.2) is 47.3 Å². The Balaban J connectivity index is 1.11. The number of fused-ring (bicyclic) bond motifs is 2. The highest BCUT2D eigenvalue weighted by Gasteiger charge is 2.44. The largest absolute Gasteiger partial charge is 0.490 e. The van der Waals surface area contributed by atoms with Crippen molar-refractivity contribution in [1.82, 2.24) is 4.90 Å². The van der Waals surface area contributed by atoms with Crippen molar-refractivity contribution in [2.24, 2.45) is 0 Å². The van der Waals surface area contributed by atoms with Gasteiger partial charge in [0.15, 0.2) is 0 Å². The van der Waals surface area contributed by atoms with Gasteiger partial charge >= 0.3 is 5.97 Å². The van der Waals surface area contributed by atoms with Crippen LogP contribution in [0.15, 0.2) is 78.9 Å². The molecule has 1 unspecified atom stereocenters. The summed E-state index contributed by atoms with van der Waals surface area (Å²) in [7, 11) is 0. The molecular formula is C32H35NO4S. The second-order valence-corrected chi connectivity index (χ2v) is 11.1. The van der Waals surface area contributed by atoms with Crippen molar-refractivity contribution in [2.45, 2.75) is 63.0 Å². The van der Waals surface area contributed by atoms with E-state index in [1.807, 2.05) is 36.0 Å². The summed E-state index contributed by atoms with van der Waals surface area (Å²) in [5.74, 6) is 2.60. The molecule has 2 aliphatic heterocycles. The van der Waals surface area contributed by atoms with Crippen LogP contribution in [0.25, 0.3) is 0 Å². The lowest BCUT2D eigenvalue weighted by Crippen LogP contribution is -2.49. The minimum absolute atomic E-state index is 0.0697. The first-order valence-electron chi connectivity index (χ1n) is 13.6. The summed E-state index contributed by atoms with van der Waals surface area (Å²) in [5, 5.41) is 0. The molecule has 0 spiro atoms. The predicted octanol–water partition coefficient (Wildman–Crippen LogP) is 6.55. The highest BCUT2D eigenvalue weighted by Crippen LogP contribution is 2.38. The molecule has 3 atom stereocenters. The molecule has 2 bridgehead atoms. The minimum Gasteiger partial charge on any atom is -0.490 e. The number of nitrogens with zero attached hydrogens (tertiary/aromatic N) is 1. The van der Waals surface area contributed by atoms with E-state index in [9.17, 15) is 9.59 Å². The minimum atomic E-state index is -0.321. The topological polar surface area (TPSA) is 55.8 Å². The first-order valence-corrected chi connectivity index (χ1v) is 14.7. The molecule has 5 nitrogen and oxygen atoms in total. The molecule has 3 aromatic carbocycles. The molecule has 0 aromatic heterocycles. The number of rotatable bonds is 10. The van der Waals surface area contributed by atoms with Gasteiger partial charge in [0.25, 0.3) is 5.91 Å². The van der Waals surface area contributed by atoms with Crippen molar-refractivity contribution >= 4 is 23.6 Å². The van der Waals surface area contributed by atoms with E-state index >= 15 is 0 Å². The highest BCUT2D eigenvalue weighted by molar-refractivity contribution is 7.98. The molecule has 0 saturated carbocycles. The van der Waals surface area contributed by atoms with Gasteiger partial charge in [0, 0.05) is 36.2 Å². The van der Waals surface area contributed by atoms with E-state index in [4.69, 9.17) is 9.47 Å². The molecule has 1 amide bonds. The van der Waals surface area contributed by atoms with Gasteiger partial charge in [0.2, 0.25) is 0 Å². The zero-order chi connectivity index (χ0) is 26.3. The van der Waals surface area contributed by atoms with Crippen molar-refractivity contribution in [3.8, 4) is 5.75 Å². The standard InChI is InChI=1S/C32H35NO4S/c1-2-36-32(35)26-12-16-29(17-13-26)37-30-20-27-14-15-28(21-30)33(27)31(34)25-10-8-24(9-11-25)22-38-19-18-23-6-4-3-5-7-23/h3-13,16-17,27-28,30H,2,14-15,18-22H2,1H3/t27-,28+,30?. The number of hydrogen-bond donors (Lipinski definition) is 0. The van der Waals surface area contributed by atoms with E-state index in [-0.39, 0.29) is 30.1 Å². The summed E-state index contributed by atoms with van der Waals surface area (Å²) in [6.45, 7) is 2.15. The third kappa shape index (κ3) is 6.41. The average molecular weight is 530 g/mol. The van der Waals surface area contributed by atoms with Gasteiger partial charge in [-0.25, -0.2) is 4.79 Å². The molecule has 2 saturated heterocycles. The molecule has 0 aliphatic carbocycles. The third-order valence-electron chi connectivity index (χ3n) is 7.44. The fraction of sp³-hybridized carbons (Fsp3) is 0.375. The molecule has 2 aliphatic rings. The summed E-state index contributed by atoms with van der Waals surface area (Å²) in [6, 6.07) is 26.3. The summed E-state index contributed by atoms with van der Waals surface area (Å²) >= 11 is 1.93. The number of ether oxygens (including phenoxy) is 2. The number of esters is 1. The quantitative estimate of drug-likeness (QED) is 0.220. The van der Waals surface area contributed by atoms with E-state index in [0.29, 0.717) is 12.2 Å². The maximum atomic E-state index is 13.4. The zero-order valence-electron chi connectivity index (χ0n) is 21.9. The lowest BCUT2D eigenvalue weighted by molar-refractivity contribution is 0.0359. The van der Waals surface area contributed by atoms with Gasteiger partial charge in [0.1, 0.15) is 11.9 Å². The fourth-order valence-electron chi connectivity index (χ4n) is 5.55. The van der Waals surface area contributed by atoms with Crippen molar-refractivity contribution in [2.75, 3.05) is 12.4 Å². The van der Waals surface area contributed by atoms with Crippen molar-refractivity contribution < 1.29 is 19.1 Å². The highest BCUT2D eigenvalue weighted by atomic mass is 32.2. The zero-order valence-corrected chi connectivity index (χ0v) is 22.7. The van der Waals surface area contributed by atoms with Gasteiger partial charge in [-0.1, -0.05) is 42.5 Å². The molecule has 3 aromatic rings. The number of piperidine rings is 1. The first-order chi connectivity index (χ1) is 18.6. The molecule has 2 heterocycles. The number of carbonyl (C=O) groups excluding carboxylic acids is 2. The van der Waals surface area contributed by atoms with Crippen LogP contribution >= 0.6 is 11.8 Å². The summed E-state index contributed by atoms with van der Waals surface area (Å²) in [6.07, 6.45) is 4.85. The predicted molar refractivity (Wildman–Crippen MR) is 152 cm³/mol. The first kappa shape index (κ1) is 26.4. The van der Waals surface area contributed by atoms with Gasteiger partial charge in [-0.05, 0) is 79.5 Å². The van der Waals surface area contributed by atoms with Crippen molar-refractivity contribution in [3.05, 3.63) is 101 Å². The Morgan fingerprint density at radius 1 is 0.842 bits per heavy atom. The van der Waals surface area contributed by atoms with Crippen molar-refractivity contribution in [1.29, 1.82) is 0 Å². The van der Waals surface area contributed by atoms with E-state index in [2.05, 4.69) is 47.4 Å². The Morgan fingerprint density at radius 2 is 1.50 bits per heavy atom. The van der Waals surface area contributed by atoms with E-state index < -0.39 is 0 Å². The van der Waals surface area contributed by atoms with E-state index in [1.54, 1.807) is 19.1 Å². The van der Waals surface area contributed by atoms with Crippen LogP contribution in [0.4, 0.5) is 0 Å². The van der Waals surface area contributed by atoms with Crippen LogP contribution in [0, 0.1) is 0 Å². The van der Waals surface area contributed by atoms with Gasteiger partial charge in [0.05, 0.1) is 12.2 Å². The Hall–Kier alpha value is -3.25. The van der Waals surface area contributed by atoms with Crippen LogP contribution in [0.2, 0.25) is 0 Å². The number of thioether (sulfide) groups is 1. The maximum absolute atomic E-state index is 13.4. The monoisotopic (exact) mass is 529 g/mol. The molecular weight excluding hydrogens is 494 g/mol. The Morgan fingerprint density at radius 3 is 2.16 bits per heavy atom. The molecule has 0 N–H and O–H groups in total. The number of carbonyl (C=O) groups is 2.